The number of aromatic nitrogens is 1. The van der Waals surface area contributed by atoms with Crippen molar-refractivity contribution in [2.75, 3.05) is 6.61 Å². The van der Waals surface area contributed by atoms with Crippen molar-refractivity contribution in [2.24, 2.45) is 0 Å². The van der Waals surface area contributed by atoms with Gasteiger partial charge in [0.15, 0.2) is 0 Å². The Kier molecular flexibility index (Phi) is 4.99. The van der Waals surface area contributed by atoms with Crippen molar-refractivity contribution in [2.45, 2.75) is 26.7 Å². The summed E-state index contributed by atoms with van der Waals surface area (Å²) in [6, 6.07) is 1.59. The molecule has 1 rings (SSSR count). The van der Waals surface area contributed by atoms with Gasteiger partial charge in [-0.2, -0.15) is 0 Å². The molecule has 0 fully saturated rings. The molecule has 0 bridgehead atoms. The van der Waals surface area contributed by atoms with Crippen LogP contribution >= 0.6 is 15.9 Å². The number of alkyl halides is 2. The van der Waals surface area contributed by atoms with Gasteiger partial charge >= 0.3 is 5.97 Å². The molecular weight excluding hydrogens is 296 g/mol. The summed E-state index contributed by atoms with van der Waals surface area (Å²) in [5.74, 6) is -0.470. The second kappa shape index (κ2) is 6.05. The molecule has 1 heterocycles. The lowest BCUT2D eigenvalue weighted by atomic mass is 10.2. The predicted octanol–water partition coefficient (Wildman–Crippen LogP) is 3.20. The Morgan fingerprint density at radius 1 is 1.59 bits per heavy atom. The van der Waals surface area contributed by atoms with Gasteiger partial charge in [0, 0.05) is 4.47 Å². The molecule has 0 N–H and O–H groups in total. The number of ether oxygens (including phenoxy) is 1. The Morgan fingerprint density at radius 3 is 2.76 bits per heavy atom. The molecule has 0 saturated carbocycles. The van der Waals surface area contributed by atoms with Crippen LogP contribution in [-0.4, -0.2) is 17.6 Å². The van der Waals surface area contributed by atoms with Crippen molar-refractivity contribution >= 4 is 21.9 Å². The van der Waals surface area contributed by atoms with E-state index in [-0.39, 0.29) is 23.2 Å². The van der Waals surface area contributed by atoms with Crippen LogP contribution in [0.3, 0.4) is 0 Å². The number of halogens is 3. The molecule has 94 valence electrons. The van der Waals surface area contributed by atoms with E-state index in [0.717, 1.165) is 0 Å². The van der Waals surface area contributed by atoms with Crippen LogP contribution in [0.1, 0.15) is 30.3 Å². The van der Waals surface area contributed by atoms with E-state index < -0.39 is 12.4 Å². The smallest absolute Gasteiger partial charge is 0.311 e. The minimum atomic E-state index is -2.68. The Balaban J connectivity index is 2.98. The van der Waals surface area contributed by atoms with E-state index in [9.17, 15) is 13.6 Å². The zero-order valence-electron chi connectivity index (χ0n) is 9.47. The molecule has 3 nitrogen and oxygen atoms in total. The summed E-state index contributed by atoms with van der Waals surface area (Å²) < 4.78 is 30.3. The molecule has 0 radical (unpaired) electrons. The molecule has 17 heavy (non-hydrogen) atoms. The maximum Gasteiger partial charge on any atom is 0.311 e. The molecule has 0 atom stereocenters. The van der Waals surface area contributed by atoms with E-state index in [0.29, 0.717) is 11.3 Å². The molecule has 0 amide bonds. The number of esters is 1. The van der Waals surface area contributed by atoms with E-state index in [1.807, 2.05) is 0 Å². The van der Waals surface area contributed by atoms with Crippen molar-refractivity contribution in [1.29, 1.82) is 0 Å². The lowest BCUT2D eigenvalue weighted by molar-refractivity contribution is -0.142. The molecule has 1 aromatic heterocycles. The average molecular weight is 308 g/mol. The molecule has 0 saturated heterocycles. The van der Waals surface area contributed by atoms with E-state index in [1.54, 1.807) is 19.9 Å². The number of aryl methyl sites for hydroxylation is 1. The first-order chi connectivity index (χ1) is 7.95. The Hall–Kier alpha value is -1.04. The number of hydrogen-bond donors (Lipinski definition) is 0. The highest BCUT2D eigenvalue weighted by molar-refractivity contribution is 9.10. The van der Waals surface area contributed by atoms with Crippen LogP contribution in [0.5, 0.6) is 0 Å². The fraction of sp³-hybridized carbons (Fsp3) is 0.455. The molecule has 0 aliphatic carbocycles. The van der Waals surface area contributed by atoms with Crippen LogP contribution in [0.2, 0.25) is 0 Å². The molecular formula is C11H12BrF2NO2. The van der Waals surface area contributed by atoms with E-state index in [4.69, 9.17) is 4.74 Å². The fourth-order valence-corrected chi connectivity index (χ4v) is 1.72. The molecule has 0 aromatic carbocycles. The summed E-state index contributed by atoms with van der Waals surface area (Å²) in [6.07, 6.45) is -2.77. The largest absolute Gasteiger partial charge is 0.466 e. The fourth-order valence-electron chi connectivity index (χ4n) is 1.35. The number of nitrogens with zero attached hydrogens (tertiary/aromatic N) is 1. The van der Waals surface area contributed by atoms with Crippen molar-refractivity contribution in [1.82, 2.24) is 4.98 Å². The van der Waals surface area contributed by atoms with Crippen molar-refractivity contribution in [3.05, 3.63) is 27.5 Å². The predicted molar refractivity (Wildman–Crippen MR) is 62.0 cm³/mol. The number of carbonyl (C=O) groups is 1. The zero-order chi connectivity index (χ0) is 13.0. The Labute approximate surface area is 106 Å². The number of pyridine rings is 1. The summed E-state index contributed by atoms with van der Waals surface area (Å²) in [5, 5.41) is 0. The van der Waals surface area contributed by atoms with Gasteiger partial charge in [-0.15, -0.1) is 0 Å². The maximum absolute atomic E-state index is 12.7. The normalized spacial score (nSPS) is 10.7. The highest BCUT2D eigenvalue weighted by Gasteiger charge is 2.17. The second-order valence-corrected chi connectivity index (χ2v) is 4.21. The zero-order valence-corrected chi connectivity index (χ0v) is 11.1. The highest BCUT2D eigenvalue weighted by atomic mass is 79.9. The first kappa shape index (κ1) is 14.0. The second-order valence-electron chi connectivity index (χ2n) is 3.41. The van der Waals surface area contributed by atoms with Gasteiger partial charge in [0.1, 0.15) is 5.69 Å². The summed E-state index contributed by atoms with van der Waals surface area (Å²) in [4.78, 5) is 15.0. The van der Waals surface area contributed by atoms with Crippen molar-refractivity contribution < 1.29 is 18.3 Å². The van der Waals surface area contributed by atoms with Gasteiger partial charge in [-0.3, -0.25) is 9.78 Å². The molecule has 6 heteroatoms. The maximum atomic E-state index is 12.7. The van der Waals surface area contributed by atoms with Crippen LogP contribution in [0.4, 0.5) is 8.78 Å². The molecule has 0 aliphatic heterocycles. The number of rotatable bonds is 4. The third-order valence-electron chi connectivity index (χ3n) is 2.06. The highest BCUT2D eigenvalue weighted by Crippen LogP contribution is 2.28. The van der Waals surface area contributed by atoms with Crippen molar-refractivity contribution in [3.8, 4) is 0 Å². The number of hydrogen-bond acceptors (Lipinski definition) is 3. The third kappa shape index (κ3) is 3.73. The Bertz CT molecular complexity index is 424. The number of carbonyl (C=O) groups excluding carboxylic acids is 1. The van der Waals surface area contributed by atoms with Gasteiger partial charge < -0.3 is 4.74 Å². The Morgan fingerprint density at radius 2 is 2.24 bits per heavy atom. The van der Waals surface area contributed by atoms with E-state index >= 15 is 0 Å². The van der Waals surface area contributed by atoms with Crippen molar-refractivity contribution in [3.63, 3.8) is 0 Å². The lowest BCUT2D eigenvalue weighted by Crippen LogP contribution is -2.10. The monoisotopic (exact) mass is 307 g/mol. The SMILES string of the molecule is CCOC(=O)Cc1cc(C)c(Br)c(C(F)F)n1. The van der Waals surface area contributed by atoms with Gasteiger partial charge in [0.05, 0.1) is 18.7 Å². The van der Waals surface area contributed by atoms with Crippen LogP contribution in [-0.2, 0) is 16.0 Å². The molecule has 0 aliphatic rings. The molecule has 0 unspecified atom stereocenters. The van der Waals surface area contributed by atoms with E-state index in [1.165, 1.54) is 0 Å². The van der Waals surface area contributed by atoms with Gasteiger partial charge in [-0.05, 0) is 41.4 Å². The minimum absolute atomic E-state index is 0.0956. The van der Waals surface area contributed by atoms with Crippen LogP contribution in [0.25, 0.3) is 0 Å². The summed E-state index contributed by atoms with van der Waals surface area (Å²) in [6.45, 7) is 3.62. The summed E-state index contributed by atoms with van der Waals surface area (Å²) in [5.41, 5.74) is 0.568. The quantitative estimate of drug-likeness (QED) is 0.802. The third-order valence-corrected chi connectivity index (χ3v) is 3.09. The van der Waals surface area contributed by atoms with Crippen LogP contribution < -0.4 is 0 Å². The van der Waals surface area contributed by atoms with Gasteiger partial charge in [-0.1, -0.05) is 0 Å². The molecule has 0 spiro atoms. The molecule has 1 aromatic rings. The first-order valence-corrected chi connectivity index (χ1v) is 5.84. The topological polar surface area (TPSA) is 39.2 Å². The lowest BCUT2D eigenvalue weighted by Gasteiger charge is -2.09. The standard InChI is InChI=1S/C11H12BrF2NO2/c1-3-17-8(16)5-7-4-6(2)9(12)10(15-7)11(13)14/h4,11H,3,5H2,1-2H3. The van der Waals surface area contributed by atoms with Crippen LogP contribution in [0.15, 0.2) is 10.5 Å². The van der Waals surface area contributed by atoms with Gasteiger partial charge in [0.2, 0.25) is 0 Å². The summed E-state index contributed by atoms with van der Waals surface area (Å²) in [7, 11) is 0. The van der Waals surface area contributed by atoms with Gasteiger partial charge in [0.25, 0.3) is 6.43 Å². The van der Waals surface area contributed by atoms with Gasteiger partial charge in [-0.25, -0.2) is 8.78 Å². The summed E-state index contributed by atoms with van der Waals surface area (Å²) >= 11 is 3.05. The van der Waals surface area contributed by atoms with E-state index in [2.05, 4.69) is 20.9 Å². The average Bonchev–Trinajstić information content (AvgIpc) is 2.23. The minimum Gasteiger partial charge on any atom is -0.466 e. The first-order valence-electron chi connectivity index (χ1n) is 5.05. The van der Waals surface area contributed by atoms with Crippen LogP contribution in [0, 0.1) is 6.92 Å².